The first-order valence-corrected chi connectivity index (χ1v) is 7.17. The van der Waals surface area contributed by atoms with Gasteiger partial charge in [0, 0.05) is 29.2 Å². The Morgan fingerprint density at radius 1 is 1.47 bits per heavy atom. The maximum Gasteiger partial charge on any atom is 0.339 e. The molecule has 3 N–H and O–H groups in total. The first kappa shape index (κ1) is 14.3. The molecule has 104 valence electrons. The number of nitrogens with one attached hydrogen (secondary N) is 1. The van der Waals surface area contributed by atoms with E-state index in [1.807, 2.05) is 0 Å². The molecule has 6 heteroatoms. The molecule has 1 heterocycles. The van der Waals surface area contributed by atoms with Gasteiger partial charge in [-0.05, 0) is 34.8 Å². The lowest BCUT2D eigenvalue weighted by atomic mass is 9.85. The van der Waals surface area contributed by atoms with E-state index in [1.165, 1.54) is 6.07 Å². The molecule has 1 aliphatic rings. The van der Waals surface area contributed by atoms with Crippen LogP contribution in [0, 0.1) is 5.92 Å². The Morgan fingerprint density at radius 3 is 2.89 bits per heavy atom. The molecule has 1 aromatic rings. The van der Waals surface area contributed by atoms with Gasteiger partial charge in [0.05, 0.1) is 0 Å². The molecule has 0 bridgehead atoms. The summed E-state index contributed by atoms with van der Waals surface area (Å²) in [6.45, 7) is 0.122. The summed E-state index contributed by atoms with van der Waals surface area (Å²) in [6, 6.07) is 1.62. The first-order chi connectivity index (χ1) is 9.11. The van der Waals surface area contributed by atoms with Gasteiger partial charge in [-0.25, -0.2) is 9.78 Å². The predicted octanol–water partition coefficient (Wildman–Crippen LogP) is 2.51. The zero-order chi connectivity index (χ0) is 13.8. The van der Waals surface area contributed by atoms with Crippen molar-refractivity contribution in [3.63, 3.8) is 0 Å². The number of aliphatic hydroxyl groups excluding tert-OH is 1. The Labute approximate surface area is 120 Å². The van der Waals surface area contributed by atoms with Crippen LogP contribution in [0.25, 0.3) is 0 Å². The molecule has 1 aliphatic carbocycles. The summed E-state index contributed by atoms with van der Waals surface area (Å²) in [5, 5.41) is 21.8. The number of rotatable bonds is 4. The molecule has 0 saturated heterocycles. The summed E-state index contributed by atoms with van der Waals surface area (Å²) in [7, 11) is 0. The Hall–Kier alpha value is -1.14. The highest BCUT2D eigenvalue weighted by molar-refractivity contribution is 9.10. The van der Waals surface area contributed by atoms with Gasteiger partial charge in [0.15, 0.2) is 0 Å². The van der Waals surface area contributed by atoms with Gasteiger partial charge >= 0.3 is 5.97 Å². The van der Waals surface area contributed by atoms with E-state index in [1.54, 1.807) is 6.20 Å². The van der Waals surface area contributed by atoms with Crippen LogP contribution in [0.3, 0.4) is 0 Å². The third-order valence-corrected chi connectivity index (χ3v) is 3.98. The van der Waals surface area contributed by atoms with E-state index in [-0.39, 0.29) is 24.1 Å². The van der Waals surface area contributed by atoms with Crippen molar-refractivity contribution in [2.45, 2.75) is 31.7 Å². The van der Waals surface area contributed by atoms with Crippen molar-refractivity contribution < 1.29 is 15.0 Å². The number of halogens is 1. The van der Waals surface area contributed by atoms with Gasteiger partial charge < -0.3 is 15.5 Å². The van der Waals surface area contributed by atoms with Crippen LogP contribution in [0.5, 0.6) is 0 Å². The summed E-state index contributed by atoms with van der Waals surface area (Å²) in [5.74, 6) is -0.463. The van der Waals surface area contributed by atoms with Gasteiger partial charge in [-0.1, -0.05) is 12.8 Å². The SMILES string of the molecule is O=C(O)c1cc(Br)cnc1NC1CCCCC1CO. The van der Waals surface area contributed by atoms with Crippen LogP contribution >= 0.6 is 15.9 Å². The summed E-state index contributed by atoms with van der Waals surface area (Å²) in [6.07, 6.45) is 5.68. The molecule has 0 spiro atoms. The van der Waals surface area contributed by atoms with E-state index in [2.05, 4.69) is 26.2 Å². The second kappa shape index (κ2) is 6.34. The highest BCUT2D eigenvalue weighted by Gasteiger charge is 2.26. The topological polar surface area (TPSA) is 82.5 Å². The van der Waals surface area contributed by atoms with Gasteiger partial charge in [-0.15, -0.1) is 0 Å². The van der Waals surface area contributed by atoms with Crippen molar-refractivity contribution in [3.05, 3.63) is 22.3 Å². The maximum atomic E-state index is 11.2. The number of aromatic carboxylic acids is 1. The Bertz CT molecular complexity index is 467. The number of carbonyl (C=O) groups is 1. The Balaban J connectivity index is 2.20. The summed E-state index contributed by atoms with van der Waals surface area (Å²) >= 11 is 3.22. The van der Waals surface area contributed by atoms with E-state index in [0.717, 1.165) is 25.7 Å². The molecule has 2 atom stereocenters. The van der Waals surface area contributed by atoms with Crippen molar-refractivity contribution in [1.29, 1.82) is 0 Å². The fourth-order valence-corrected chi connectivity index (χ4v) is 2.84. The largest absolute Gasteiger partial charge is 0.478 e. The van der Waals surface area contributed by atoms with Crippen LogP contribution in [0.2, 0.25) is 0 Å². The van der Waals surface area contributed by atoms with Crippen molar-refractivity contribution in [2.75, 3.05) is 11.9 Å². The second-order valence-corrected chi connectivity index (χ2v) is 5.75. The minimum Gasteiger partial charge on any atom is -0.478 e. The Kier molecular flexibility index (Phi) is 4.76. The molecule has 0 radical (unpaired) electrons. The van der Waals surface area contributed by atoms with Crippen LogP contribution in [-0.4, -0.2) is 33.8 Å². The number of hydrogen-bond acceptors (Lipinski definition) is 4. The van der Waals surface area contributed by atoms with Gasteiger partial charge in [0.25, 0.3) is 0 Å². The summed E-state index contributed by atoms with van der Waals surface area (Å²) < 4.78 is 0.637. The number of pyridine rings is 1. The van der Waals surface area contributed by atoms with Gasteiger partial charge in [0.2, 0.25) is 0 Å². The molecular formula is C13H17BrN2O3. The fourth-order valence-electron chi connectivity index (χ4n) is 2.51. The first-order valence-electron chi connectivity index (χ1n) is 6.38. The standard InChI is InChI=1S/C13H17BrN2O3/c14-9-5-10(13(18)19)12(15-6-9)16-11-4-2-1-3-8(11)7-17/h5-6,8,11,17H,1-4,7H2,(H,15,16)(H,18,19). The Morgan fingerprint density at radius 2 is 2.21 bits per heavy atom. The highest BCUT2D eigenvalue weighted by atomic mass is 79.9. The normalized spacial score (nSPS) is 23.1. The molecule has 2 rings (SSSR count). The van der Waals surface area contributed by atoms with Crippen LogP contribution in [0.15, 0.2) is 16.7 Å². The molecule has 1 aromatic heterocycles. The van der Waals surface area contributed by atoms with E-state index >= 15 is 0 Å². The summed E-state index contributed by atoms with van der Waals surface area (Å²) in [5.41, 5.74) is 0.150. The van der Waals surface area contributed by atoms with E-state index in [9.17, 15) is 15.0 Å². The smallest absolute Gasteiger partial charge is 0.339 e. The van der Waals surface area contributed by atoms with Crippen LogP contribution in [-0.2, 0) is 0 Å². The highest BCUT2D eigenvalue weighted by Crippen LogP contribution is 2.28. The van der Waals surface area contributed by atoms with Gasteiger partial charge in [-0.2, -0.15) is 0 Å². The second-order valence-electron chi connectivity index (χ2n) is 4.83. The fraction of sp³-hybridized carbons (Fsp3) is 0.538. The van der Waals surface area contributed by atoms with E-state index in [4.69, 9.17) is 0 Å². The average molecular weight is 329 g/mol. The number of hydrogen-bond donors (Lipinski definition) is 3. The molecule has 19 heavy (non-hydrogen) atoms. The molecule has 0 aromatic carbocycles. The number of anilines is 1. The average Bonchev–Trinajstić information content (AvgIpc) is 2.41. The van der Waals surface area contributed by atoms with Crippen molar-refractivity contribution in [2.24, 2.45) is 5.92 Å². The zero-order valence-corrected chi connectivity index (χ0v) is 12.1. The van der Waals surface area contributed by atoms with Crippen LogP contribution in [0.1, 0.15) is 36.0 Å². The van der Waals surface area contributed by atoms with Crippen LogP contribution < -0.4 is 5.32 Å². The molecule has 1 saturated carbocycles. The molecule has 5 nitrogen and oxygen atoms in total. The molecule has 1 fully saturated rings. The lowest BCUT2D eigenvalue weighted by Crippen LogP contribution is -2.35. The number of nitrogens with zero attached hydrogens (tertiary/aromatic N) is 1. The van der Waals surface area contributed by atoms with E-state index < -0.39 is 5.97 Å². The maximum absolute atomic E-state index is 11.2. The zero-order valence-electron chi connectivity index (χ0n) is 10.5. The monoisotopic (exact) mass is 328 g/mol. The number of carboxylic acids is 1. The molecular weight excluding hydrogens is 312 g/mol. The minimum atomic E-state index is -1.01. The lowest BCUT2D eigenvalue weighted by Gasteiger charge is -2.31. The van der Waals surface area contributed by atoms with Crippen molar-refractivity contribution in [3.8, 4) is 0 Å². The quantitative estimate of drug-likeness (QED) is 0.791. The molecule has 2 unspecified atom stereocenters. The lowest BCUT2D eigenvalue weighted by molar-refractivity contribution is 0.0697. The minimum absolute atomic E-state index is 0.0884. The van der Waals surface area contributed by atoms with Crippen molar-refractivity contribution in [1.82, 2.24) is 4.98 Å². The molecule has 0 amide bonds. The van der Waals surface area contributed by atoms with Gasteiger partial charge in [-0.3, -0.25) is 0 Å². The van der Waals surface area contributed by atoms with Crippen molar-refractivity contribution >= 4 is 27.7 Å². The number of aliphatic hydroxyl groups is 1. The number of aromatic nitrogens is 1. The summed E-state index contributed by atoms with van der Waals surface area (Å²) in [4.78, 5) is 15.4. The number of carboxylic acid groups (broad SMARTS) is 1. The van der Waals surface area contributed by atoms with Gasteiger partial charge in [0.1, 0.15) is 11.4 Å². The predicted molar refractivity (Wildman–Crippen MR) is 75.4 cm³/mol. The van der Waals surface area contributed by atoms with Crippen LogP contribution in [0.4, 0.5) is 5.82 Å². The van der Waals surface area contributed by atoms with E-state index in [0.29, 0.717) is 10.3 Å². The third-order valence-electron chi connectivity index (χ3n) is 3.55. The molecule has 0 aliphatic heterocycles. The third kappa shape index (κ3) is 3.45.